The Morgan fingerprint density at radius 3 is 2.44 bits per heavy atom. The van der Waals surface area contributed by atoms with Crippen LogP contribution in [0.5, 0.6) is 0 Å². The van der Waals surface area contributed by atoms with E-state index in [9.17, 15) is 4.79 Å². The lowest BCUT2D eigenvalue weighted by Crippen LogP contribution is -2.22. The van der Waals surface area contributed by atoms with E-state index in [0.29, 0.717) is 6.54 Å². The van der Waals surface area contributed by atoms with E-state index in [2.05, 4.69) is 18.0 Å². The lowest BCUT2D eigenvalue weighted by atomic mass is 10.2. The van der Waals surface area contributed by atoms with Gasteiger partial charge in [-0.05, 0) is 32.8 Å². The van der Waals surface area contributed by atoms with E-state index in [1.807, 2.05) is 50.3 Å². The molecule has 0 aliphatic carbocycles. The number of unbranched alkanes of at least 4 members (excludes halogenated alkanes) is 1. The Morgan fingerprint density at radius 2 is 1.78 bits per heavy atom. The summed E-state index contributed by atoms with van der Waals surface area (Å²) in [5.74, 6) is -0.0602. The maximum absolute atomic E-state index is 11.3. The maximum Gasteiger partial charge on any atom is 0.243 e. The molecule has 0 heterocycles. The van der Waals surface area contributed by atoms with Gasteiger partial charge in [0.2, 0.25) is 5.91 Å². The summed E-state index contributed by atoms with van der Waals surface area (Å²) in [6.07, 6.45) is 17.3. The number of hydrogen-bond donors (Lipinski definition) is 1. The van der Waals surface area contributed by atoms with Crippen LogP contribution in [0.2, 0.25) is 0 Å². The molecule has 2 heteroatoms. The minimum absolute atomic E-state index is 0.0602. The highest BCUT2D eigenvalue weighted by Crippen LogP contribution is 1.93. The Hall–Kier alpha value is -1.83. The molecule has 0 radical (unpaired) electrons. The minimum atomic E-state index is -0.0602. The number of rotatable bonds is 8. The summed E-state index contributed by atoms with van der Waals surface area (Å²) in [6, 6.07) is 0. The van der Waals surface area contributed by atoms with Gasteiger partial charge in [-0.15, -0.1) is 0 Å². The highest BCUT2D eigenvalue weighted by atomic mass is 16.1. The third-order valence-corrected chi connectivity index (χ3v) is 2.00. The fourth-order valence-electron chi connectivity index (χ4n) is 1.09. The van der Waals surface area contributed by atoms with Gasteiger partial charge in [0, 0.05) is 6.54 Å². The van der Waals surface area contributed by atoms with Crippen LogP contribution in [-0.2, 0) is 4.79 Å². The van der Waals surface area contributed by atoms with Crippen molar-refractivity contribution in [2.24, 2.45) is 0 Å². The van der Waals surface area contributed by atoms with E-state index in [1.165, 1.54) is 0 Å². The third-order valence-electron chi connectivity index (χ3n) is 2.00. The topological polar surface area (TPSA) is 29.1 Å². The third kappa shape index (κ3) is 12.2. The molecule has 0 aromatic carbocycles. The largest absolute Gasteiger partial charge is 0.349 e. The zero-order valence-electron chi connectivity index (χ0n) is 11.4. The number of hydrogen-bond acceptors (Lipinski definition) is 1. The van der Waals surface area contributed by atoms with E-state index >= 15 is 0 Å². The molecular weight excluding hydrogens is 222 g/mol. The molecule has 0 fully saturated rings. The molecule has 0 aromatic heterocycles. The van der Waals surface area contributed by atoms with Crippen molar-refractivity contribution >= 4 is 5.91 Å². The van der Waals surface area contributed by atoms with Gasteiger partial charge in [0.15, 0.2) is 0 Å². The van der Waals surface area contributed by atoms with E-state index in [1.54, 1.807) is 6.08 Å². The second-order valence-electron chi connectivity index (χ2n) is 3.99. The molecule has 98 valence electrons. The van der Waals surface area contributed by atoms with E-state index in [0.717, 1.165) is 18.4 Å². The summed E-state index contributed by atoms with van der Waals surface area (Å²) < 4.78 is 0. The van der Waals surface area contributed by atoms with Gasteiger partial charge in [0.05, 0.1) is 0 Å². The van der Waals surface area contributed by atoms with Crippen molar-refractivity contribution < 1.29 is 4.79 Å². The number of allylic oxidation sites excluding steroid dienone is 7. The Balaban J connectivity index is 3.64. The number of carbonyl (C=O) groups is 1. The molecule has 0 aliphatic heterocycles. The number of carbonyl (C=O) groups excluding carboxylic acids is 1. The fraction of sp³-hybridized carbons (Fsp3) is 0.312. The SMILES string of the molecule is C=C(C)CNC(=O)/C=C/CC\C=C/C=C/C=C/C. The zero-order chi connectivity index (χ0) is 13.6. The molecule has 1 amide bonds. The standard InChI is InChI=1S/C16H23NO/c1-4-5-6-7-8-9-10-11-12-13-16(18)17-14-15(2)3/h4-9,12-13H,2,10-11,14H2,1,3H3,(H,17,18)/b5-4+,7-6+,9-8-,13-12+. The summed E-state index contributed by atoms with van der Waals surface area (Å²) >= 11 is 0. The molecular formula is C16H23NO. The predicted octanol–water partition coefficient (Wildman–Crippen LogP) is 3.70. The molecule has 1 N–H and O–H groups in total. The molecule has 0 saturated heterocycles. The molecule has 0 rings (SSSR count). The zero-order valence-corrected chi connectivity index (χ0v) is 11.4. The molecule has 0 aromatic rings. The van der Waals surface area contributed by atoms with Gasteiger partial charge in [0.1, 0.15) is 0 Å². The molecule has 0 saturated carbocycles. The van der Waals surface area contributed by atoms with Gasteiger partial charge in [-0.3, -0.25) is 4.79 Å². The van der Waals surface area contributed by atoms with Crippen LogP contribution in [0.1, 0.15) is 26.7 Å². The first-order chi connectivity index (χ1) is 8.66. The van der Waals surface area contributed by atoms with Crippen molar-refractivity contribution in [3.8, 4) is 0 Å². The van der Waals surface area contributed by atoms with E-state index in [-0.39, 0.29) is 5.91 Å². The summed E-state index contributed by atoms with van der Waals surface area (Å²) in [5, 5.41) is 2.75. The number of nitrogens with one attached hydrogen (secondary N) is 1. The van der Waals surface area contributed by atoms with Crippen LogP contribution in [0.15, 0.2) is 60.8 Å². The average molecular weight is 245 g/mol. The van der Waals surface area contributed by atoms with Gasteiger partial charge in [-0.25, -0.2) is 0 Å². The maximum atomic E-state index is 11.3. The first kappa shape index (κ1) is 16.2. The lowest BCUT2D eigenvalue weighted by molar-refractivity contribution is -0.116. The van der Waals surface area contributed by atoms with Gasteiger partial charge in [-0.2, -0.15) is 0 Å². The molecule has 0 atom stereocenters. The van der Waals surface area contributed by atoms with Gasteiger partial charge >= 0.3 is 0 Å². The molecule has 0 bridgehead atoms. The van der Waals surface area contributed by atoms with Crippen molar-refractivity contribution in [3.63, 3.8) is 0 Å². The molecule has 0 aliphatic rings. The van der Waals surface area contributed by atoms with Crippen LogP contribution in [0.3, 0.4) is 0 Å². The second kappa shape index (κ2) is 11.6. The summed E-state index contributed by atoms with van der Waals surface area (Å²) in [6.45, 7) is 8.13. The molecule has 2 nitrogen and oxygen atoms in total. The summed E-state index contributed by atoms with van der Waals surface area (Å²) in [5.41, 5.74) is 0.951. The van der Waals surface area contributed by atoms with Crippen LogP contribution < -0.4 is 5.32 Å². The Bertz CT molecular complexity index is 359. The van der Waals surface area contributed by atoms with E-state index < -0.39 is 0 Å². The van der Waals surface area contributed by atoms with Crippen molar-refractivity contribution in [1.82, 2.24) is 5.32 Å². The molecule has 0 unspecified atom stereocenters. The van der Waals surface area contributed by atoms with E-state index in [4.69, 9.17) is 0 Å². The fourth-order valence-corrected chi connectivity index (χ4v) is 1.09. The normalized spacial score (nSPS) is 12.1. The van der Waals surface area contributed by atoms with Crippen molar-refractivity contribution in [1.29, 1.82) is 0 Å². The quantitative estimate of drug-likeness (QED) is 0.300. The monoisotopic (exact) mass is 245 g/mol. The van der Waals surface area contributed by atoms with Crippen molar-refractivity contribution in [2.75, 3.05) is 6.54 Å². The molecule has 0 spiro atoms. The highest BCUT2D eigenvalue weighted by molar-refractivity contribution is 5.87. The van der Waals surface area contributed by atoms with Gasteiger partial charge in [0.25, 0.3) is 0 Å². The van der Waals surface area contributed by atoms with Crippen LogP contribution in [-0.4, -0.2) is 12.5 Å². The Labute approximate surface area is 110 Å². The average Bonchev–Trinajstić information content (AvgIpc) is 2.34. The molecule has 18 heavy (non-hydrogen) atoms. The first-order valence-corrected chi connectivity index (χ1v) is 6.20. The Kier molecular flexibility index (Phi) is 10.5. The van der Waals surface area contributed by atoms with Crippen molar-refractivity contribution in [3.05, 3.63) is 60.8 Å². The van der Waals surface area contributed by atoms with Crippen molar-refractivity contribution in [2.45, 2.75) is 26.7 Å². The number of amides is 1. The Morgan fingerprint density at radius 1 is 1.11 bits per heavy atom. The smallest absolute Gasteiger partial charge is 0.243 e. The second-order valence-corrected chi connectivity index (χ2v) is 3.99. The highest BCUT2D eigenvalue weighted by Gasteiger charge is 1.92. The summed E-state index contributed by atoms with van der Waals surface area (Å²) in [4.78, 5) is 11.3. The van der Waals surface area contributed by atoms with Gasteiger partial charge in [-0.1, -0.05) is 54.7 Å². The minimum Gasteiger partial charge on any atom is -0.349 e. The lowest BCUT2D eigenvalue weighted by Gasteiger charge is -1.99. The first-order valence-electron chi connectivity index (χ1n) is 6.20. The summed E-state index contributed by atoms with van der Waals surface area (Å²) in [7, 11) is 0. The van der Waals surface area contributed by atoms with Crippen LogP contribution in [0.4, 0.5) is 0 Å². The van der Waals surface area contributed by atoms with Crippen LogP contribution in [0, 0.1) is 0 Å². The van der Waals surface area contributed by atoms with Crippen LogP contribution >= 0.6 is 0 Å². The van der Waals surface area contributed by atoms with Crippen LogP contribution in [0.25, 0.3) is 0 Å². The predicted molar refractivity (Wildman–Crippen MR) is 79.3 cm³/mol. The van der Waals surface area contributed by atoms with Gasteiger partial charge < -0.3 is 5.32 Å².